The molecule has 0 saturated carbocycles. The Morgan fingerprint density at radius 1 is 1.08 bits per heavy atom. The molecule has 0 bridgehead atoms. The number of aliphatic hydroxyl groups excluding tert-OH is 2. The predicted molar refractivity (Wildman–Crippen MR) is 42.2 cm³/mol. The molecule has 13 heavy (non-hydrogen) atoms. The van der Waals surface area contributed by atoms with Crippen molar-refractivity contribution in [3.05, 3.63) is 0 Å². The molecule has 0 aliphatic heterocycles. The van der Waals surface area contributed by atoms with Gasteiger partial charge in [-0.2, -0.15) is 13.2 Å². The van der Waals surface area contributed by atoms with E-state index in [4.69, 9.17) is 10.2 Å². The zero-order valence-corrected chi connectivity index (χ0v) is 7.51. The van der Waals surface area contributed by atoms with Gasteiger partial charge < -0.3 is 10.2 Å². The van der Waals surface area contributed by atoms with Crippen LogP contribution in [-0.2, 0) is 0 Å². The first kappa shape index (κ1) is 12.7. The van der Waals surface area contributed by atoms with Gasteiger partial charge in [0.1, 0.15) is 0 Å². The van der Waals surface area contributed by atoms with E-state index in [2.05, 4.69) is 0 Å². The Balaban J connectivity index is 3.67. The molecule has 0 aliphatic rings. The minimum atomic E-state index is -4.26. The summed E-state index contributed by atoms with van der Waals surface area (Å²) in [5.41, 5.74) is 0. The molecule has 2 atom stereocenters. The Morgan fingerprint density at radius 2 is 1.54 bits per heavy atom. The third-order valence-electron chi connectivity index (χ3n) is 1.75. The number of rotatable bonds is 5. The van der Waals surface area contributed by atoms with Crippen molar-refractivity contribution < 1.29 is 23.4 Å². The van der Waals surface area contributed by atoms with Gasteiger partial charge >= 0.3 is 6.18 Å². The highest BCUT2D eigenvalue weighted by molar-refractivity contribution is 4.68. The van der Waals surface area contributed by atoms with Gasteiger partial charge in [0.15, 0.2) is 0 Å². The average molecular weight is 200 g/mol. The maximum Gasteiger partial charge on any atom is 0.389 e. The van der Waals surface area contributed by atoms with Gasteiger partial charge in [-0.1, -0.05) is 13.3 Å². The Kier molecular flexibility index (Phi) is 5.32. The molecule has 0 heterocycles. The number of alkyl halides is 3. The van der Waals surface area contributed by atoms with Crippen molar-refractivity contribution in [1.82, 2.24) is 0 Å². The van der Waals surface area contributed by atoms with Crippen LogP contribution < -0.4 is 0 Å². The normalized spacial score (nSPS) is 17.1. The minimum Gasteiger partial charge on any atom is -0.390 e. The molecular weight excluding hydrogens is 185 g/mol. The van der Waals surface area contributed by atoms with Crippen LogP contribution in [0.3, 0.4) is 0 Å². The van der Waals surface area contributed by atoms with Crippen LogP contribution in [0.1, 0.15) is 32.6 Å². The first-order valence-corrected chi connectivity index (χ1v) is 4.29. The van der Waals surface area contributed by atoms with Crippen molar-refractivity contribution in [3.63, 3.8) is 0 Å². The highest BCUT2D eigenvalue weighted by Gasteiger charge is 2.29. The molecule has 0 rings (SSSR count). The molecule has 2 N–H and O–H groups in total. The van der Waals surface area contributed by atoms with Crippen molar-refractivity contribution in [2.45, 2.75) is 51.0 Å². The second-order valence-corrected chi connectivity index (χ2v) is 3.08. The summed E-state index contributed by atoms with van der Waals surface area (Å²) in [5.74, 6) is 0. The van der Waals surface area contributed by atoms with E-state index in [1.807, 2.05) is 0 Å². The lowest BCUT2D eigenvalue weighted by Crippen LogP contribution is -2.27. The van der Waals surface area contributed by atoms with Crippen molar-refractivity contribution in [3.8, 4) is 0 Å². The molecule has 0 saturated heterocycles. The van der Waals surface area contributed by atoms with Crippen molar-refractivity contribution in [2.24, 2.45) is 0 Å². The fourth-order valence-electron chi connectivity index (χ4n) is 0.992. The highest BCUT2D eigenvalue weighted by Crippen LogP contribution is 2.23. The van der Waals surface area contributed by atoms with Crippen LogP contribution in [0.2, 0.25) is 0 Å². The minimum absolute atomic E-state index is 0.332. The van der Waals surface area contributed by atoms with Crippen LogP contribution in [0.25, 0.3) is 0 Å². The van der Waals surface area contributed by atoms with Crippen LogP contribution in [0.5, 0.6) is 0 Å². The molecular formula is C8H15F3O2. The molecule has 0 aromatic heterocycles. The molecule has 0 fully saturated rings. The summed E-state index contributed by atoms with van der Waals surface area (Å²) in [5, 5.41) is 18.2. The van der Waals surface area contributed by atoms with E-state index in [0.717, 1.165) is 0 Å². The Labute approximate surface area is 75.4 Å². The van der Waals surface area contributed by atoms with Gasteiger partial charge in [-0.05, 0) is 12.8 Å². The lowest BCUT2D eigenvalue weighted by atomic mass is 10.0. The molecule has 5 heteroatoms. The maximum absolute atomic E-state index is 11.7. The van der Waals surface area contributed by atoms with Gasteiger partial charge in [0, 0.05) is 6.42 Å². The molecule has 80 valence electrons. The van der Waals surface area contributed by atoms with Gasteiger partial charge in [0.25, 0.3) is 0 Å². The Morgan fingerprint density at radius 3 is 1.92 bits per heavy atom. The number of aliphatic hydroxyl groups is 2. The number of hydrogen-bond acceptors (Lipinski definition) is 2. The molecule has 0 radical (unpaired) electrons. The highest BCUT2D eigenvalue weighted by atomic mass is 19.4. The first-order valence-electron chi connectivity index (χ1n) is 4.29. The third kappa shape index (κ3) is 6.83. The quantitative estimate of drug-likeness (QED) is 0.711. The lowest BCUT2D eigenvalue weighted by molar-refractivity contribution is -0.143. The molecule has 0 aliphatic carbocycles. The third-order valence-corrected chi connectivity index (χ3v) is 1.75. The summed E-state index contributed by atoms with van der Waals surface area (Å²) in [7, 11) is 0. The van der Waals surface area contributed by atoms with Crippen molar-refractivity contribution in [1.29, 1.82) is 0 Å². The molecule has 2 nitrogen and oxygen atoms in total. The number of hydrogen-bond donors (Lipinski definition) is 2. The smallest absolute Gasteiger partial charge is 0.389 e. The van der Waals surface area contributed by atoms with Crippen LogP contribution in [0, 0.1) is 0 Å². The monoisotopic (exact) mass is 200 g/mol. The van der Waals surface area contributed by atoms with Gasteiger partial charge in [-0.15, -0.1) is 0 Å². The van der Waals surface area contributed by atoms with E-state index in [1.54, 1.807) is 6.92 Å². The van der Waals surface area contributed by atoms with Crippen LogP contribution in [-0.4, -0.2) is 28.6 Å². The fraction of sp³-hybridized carbons (Fsp3) is 1.00. The lowest BCUT2D eigenvalue weighted by Gasteiger charge is -2.17. The zero-order valence-electron chi connectivity index (χ0n) is 7.51. The topological polar surface area (TPSA) is 40.5 Å². The van der Waals surface area contributed by atoms with E-state index >= 15 is 0 Å². The van der Waals surface area contributed by atoms with Gasteiger partial charge in [0.2, 0.25) is 0 Å². The largest absolute Gasteiger partial charge is 0.390 e. The second-order valence-electron chi connectivity index (χ2n) is 3.08. The summed E-state index contributed by atoms with van der Waals surface area (Å²) in [6, 6.07) is 0. The van der Waals surface area contributed by atoms with Crippen molar-refractivity contribution >= 4 is 0 Å². The Bertz CT molecular complexity index is 136. The zero-order chi connectivity index (χ0) is 10.5. The van der Waals surface area contributed by atoms with Gasteiger partial charge in [-0.25, -0.2) is 0 Å². The van der Waals surface area contributed by atoms with Crippen LogP contribution >= 0.6 is 0 Å². The Hall–Kier alpha value is -0.290. The summed E-state index contributed by atoms with van der Waals surface area (Å²) < 4.78 is 35.0. The summed E-state index contributed by atoms with van der Waals surface area (Å²) >= 11 is 0. The molecule has 0 aromatic rings. The van der Waals surface area contributed by atoms with E-state index < -0.39 is 31.2 Å². The summed E-state index contributed by atoms with van der Waals surface area (Å²) in [6.07, 6.45) is -7.05. The summed E-state index contributed by atoms with van der Waals surface area (Å²) in [4.78, 5) is 0. The predicted octanol–water partition coefficient (Wildman–Crippen LogP) is 1.85. The molecule has 0 amide bonds. The maximum atomic E-state index is 11.7. The molecule has 0 spiro atoms. The SMILES string of the molecule is CCCC(O)C(O)CCC(F)(F)F. The molecule has 2 unspecified atom stereocenters. The van der Waals surface area contributed by atoms with E-state index in [9.17, 15) is 13.2 Å². The van der Waals surface area contributed by atoms with E-state index in [0.29, 0.717) is 12.8 Å². The number of halogens is 3. The average Bonchev–Trinajstić information content (AvgIpc) is 1.99. The summed E-state index contributed by atoms with van der Waals surface area (Å²) in [6.45, 7) is 1.79. The molecule has 0 aromatic carbocycles. The fourth-order valence-corrected chi connectivity index (χ4v) is 0.992. The van der Waals surface area contributed by atoms with Crippen LogP contribution in [0.15, 0.2) is 0 Å². The standard InChI is InChI=1S/C8H15F3O2/c1-2-3-6(12)7(13)4-5-8(9,10)11/h6-7,12-13H,2-5H2,1H3. The van der Waals surface area contributed by atoms with E-state index in [-0.39, 0.29) is 0 Å². The first-order chi connectivity index (χ1) is 5.87. The van der Waals surface area contributed by atoms with Crippen LogP contribution in [0.4, 0.5) is 13.2 Å². The van der Waals surface area contributed by atoms with Gasteiger partial charge in [0.05, 0.1) is 12.2 Å². The van der Waals surface area contributed by atoms with E-state index in [1.165, 1.54) is 0 Å². The van der Waals surface area contributed by atoms with Crippen molar-refractivity contribution in [2.75, 3.05) is 0 Å². The second kappa shape index (κ2) is 5.44. The van der Waals surface area contributed by atoms with Gasteiger partial charge in [-0.3, -0.25) is 0 Å².